The predicted molar refractivity (Wildman–Crippen MR) is 56.2 cm³/mol. The average molecular weight is 195 g/mol. The fourth-order valence-electron chi connectivity index (χ4n) is 2.23. The third-order valence-corrected chi connectivity index (χ3v) is 3.00. The van der Waals surface area contributed by atoms with Crippen LogP contribution in [0.5, 0.6) is 0 Å². The van der Waals surface area contributed by atoms with Crippen LogP contribution >= 0.6 is 0 Å². The highest BCUT2D eigenvalue weighted by molar-refractivity contribution is 5.81. The lowest BCUT2D eigenvalue weighted by atomic mass is 9.91. The number of hydrogen-bond donors (Lipinski definition) is 1. The lowest BCUT2D eigenvalue weighted by Crippen LogP contribution is -2.56. The van der Waals surface area contributed by atoms with Crippen LogP contribution in [0.25, 0.3) is 0 Å². The maximum absolute atomic E-state index is 5.84. The van der Waals surface area contributed by atoms with Crippen molar-refractivity contribution in [3.05, 3.63) is 12.7 Å². The number of nitrogens with two attached hydrogens (primary N) is 1. The van der Waals surface area contributed by atoms with Crippen molar-refractivity contribution >= 4 is 5.96 Å². The van der Waals surface area contributed by atoms with Gasteiger partial charge in [-0.05, 0) is 12.8 Å². The number of hydrogen-bond acceptors (Lipinski definition) is 4. The second-order valence-corrected chi connectivity index (χ2v) is 3.95. The van der Waals surface area contributed by atoms with Gasteiger partial charge in [-0.25, -0.2) is 0 Å². The zero-order valence-corrected chi connectivity index (χ0v) is 8.41. The summed E-state index contributed by atoms with van der Waals surface area (Å²) in [6.07, 6.45) is 4.07. The van der Waals surface area contributed by atoms with Crippen molar-refractivity contribution in [1.82, 2.24) is 4.90 Å². The molecule has 4 nitrogen and oxygen atoms in total. The van der Waals surface area contributed by atoms with Crippen LogP contribution < -0.4 is 5.73 Å². The predicted octanol–water partition coefficient (Wildman–Crippen LogP) is 0.352. The Bertz CT molecular complexity index is 256. The molecule has 1 unspecified atom stereocenters. The highest BCUT2D eigenvalue weighted by Gasteiger charge is 2.43. The first-order valence-electron chi connectivity index (χ1n) is 5.05. The van der Waals surface area contributed by atoms with E-state index < -0.39 is 0 Å². The van der Waals surface area contributed by atoms with Crippen LogP contribution in [0, 0.1) is 0 Å². The summed E-state index contributed by atoms with van der Waals surface area (Å²) < 4.78 is 5.53. The molecule has 1 fully saturated rings. The van der Waals surface area contributed by atoms with E-state index in [1.807, 2.05) is 6.08 Å². The maximum atomic E-state index is 5.84. The minimum Gasteiger partial charge on any atom is -0.379 e. The monoisotopic (exact) mass is 195 g/mol. The molecular weight excluding hydrogens is 178 g/mol. The SMILES string of the molecule is C=CCN1C(N)=NCC12CCCOC2. The summed E-state index contributed by atoms with van der Waals surface area (Å²) in [5.41, 5.74) is 5.87. The van der Waals surface area contributed by atoms with Crippen molar-refractivity contribution < 1.29 is 4.74 Å². The molecule has 2 N–H and O–H groups in total. The van der Waals surface area contributed by atoms with Gasteiger partial charge >= 0.3 is 0 Å². The average Bonchev–Trinajstić information content (AvgIpc) is 2.49. The van der Waals surface area contributed by atoms with Gasteiger partial charge in [0.05, 0.1) is 18.7 Å². The normalized spacial score (nSPS) is 32.0. The molecule has 1 saturated heterocycles. The molecule has 78 valence electrons. The van der Waals surface area contributed by atoms with Gasteiger partial charge in [-0.3, -0.25) is 4.99 Å². The molecule has 1 atom stereocenters. The highest BCUT2D eigenvalue weighted by Crippen LogP contribution is 2.30. The minimum absolute atomic E-state index is 0.0243. The summed E-state index contributed by atoms with van der Waals surface area (Å²) in [5, 5.41) is 0. The van der Waals surface area contributed by atoms with Crippen LogP contribution in [0.4, 0.5) is 0 Å². The molecule has 2 aliphatic heterocycles. The lowest BCUT2D eigenvalue weighted by Gasteiger charge is -2.41. The smallest absolute Gasteiger partial charge is 0.192 e. The molecule has 4 heteroatoms. The zero-order chi connectivity index (χ0) is 10.0. The lowest BCUT2D eigenvalue weighted by molar-refractivity contribution is -0.00596. The van der Waals surface area contributed by atoms with Crippen LogP contribution in [0.15, 0.2) is 17.6 Å². The summed E-state index contributed by atoms with van der Waals surface area (Å²) in [4.78, 5) is 6.43. The van der Waals surface area contributed by atoms with Crippen LogP contribution in [-0.4, -0.2) is 42.7 Å². The van der Waals surface area contributed by atoms with Gasteiger partial charge < -0.3 is 15.4 Å². The van der Waals surface area contributed by atoms with E-state index in [2.05, 4.69) is 16.5 Å². The van der Waals surface area contributed by atoms with Gasteiger partial charge in [0.25, 0.3) is 0 Å². The van der Waals surface area contributed by atoms with E-state index in [-0.39, 0.29) is 5.54 Å². The van der Waals surface area contributed by atoms with Gasteiger partial charge in [0, 0.05) is 13.2 Å². The zero-order valence-electron chi connectivity index (χ0n) is 8.41. The molecule has 0 amide bonds. The molecule has 2 heterocycles. The quantitative estimate of drug-likeness (QED) is 0.647. The molecule has 1 spiro atoms. The summed E-state index contributed by atoms with van der Waals surface area (Å²) in [5.74, 6) is 0.635. The first kappa shape index (κ1) is 9.52. The van der Waals surface area contributed by atoms with Crippen molar-refractivity contribution in [1.29, 1.82) is 0 Å². The molecule has 0 saturated carbocycles. The number of ether oxygens (including phenoxy) is 1. The Balaban J connectivity index is 2.14. The Kier molecular flexibility index (Phi) is 2.46. The molecule has 2 aliphatic rings. The molecule has 0 aliphatic carbocycles. The van der Waals surface area contributed by atoms with E-state index in [1.165, 1.54) is 0 Å². The van der Waals surface area contributed by atoms with E-state index in [0.717, 1.165) is 39.1 Å². The molecule has 2 rings (SSSR count). The summed E-state index contributed by atoms with van der Waals surface area (Å²) in [6.45, 7) is 6.88. The Morgan fingerprint density at radius 3 is 3.21 bits per heavy atom. The minimum atomic E-state index is 0.0243. The molecule has 0 aromatic rings. The van der Waals surface area contributed by atoms with Crippen molar-refractivity contribution in [2.24, 2.45) is 10.7 Å². The van der Waals surface area contributed by atoms with Crippen molar-refractivity contribution in [3.63, 3.8) is 0 Å². The third kappa shape index (κ3) is 1.39. The van der Waals surface area contributed by atoms with Gasteiger partial charge in [0.1, 0.15) is 0 Å². The number of rotatable bonds is 2. The van der Waals surface area contributed by atoms with Gasteiger partial charge in [0.2, 0.25) is 0 Å². The topological polar surface area (TPSA) is 50.8 Å². The maximum Gasteiger partial charge on any atom is 0.192 e. The van der Waals surface area contributed by atoms with E-state index in [1.54, 1.807) is 0 Å². The van der Waals surface area contributed by atoms with E-state index >= 15 is 0 Å². The number of nitrogens with zero attached hydrogens (tertiary/aromatic N) is 2. The molecule has 0 radical (unpaired) electrons. The van der Waals surface area contributed by atoms with Crippen LogP contribution in [0.2, 0.25) is 0 Å². The Labute approximate surface area is 84.4 Å². The largest absolute Gasteiger partial charge is 0.379 e. The van der Waals surface area contributed by atoms with Gasteiger partial charge in [0.15, 0.2) is 5.96 Å². The summed E-state index contributed by atoms with van der Waals surface area (Å²) in [7, 11) is 0. The molecule has 0 bridgehead atoms. The molecular formula is C10H17N3O. The van der Waals surface area contributed by atoms with Crippen LogP contribution in [-0.2, 0) is 4.74 Å². The first-order valence-corrected chi connectivity index (χ1v) is 5.05. The van der Waals surface area contributed by atoms with Crippen molar-refractivity contribution in [2.75, 3.05) is 26.3 Å². The second-order valence-electron chi connectivity index (χ2n) is 3.95. The Hall–Kier alpha value is -1.03. The number of guanidine groups is 1. The number of aliphatic imine (C=N–C) groups is 1. The fraction of sp³-hybridized carbons (Fsp3) is 0.700. The van der Waals surface area contributed by atoms with Gasteiger partial charge in [-0.1, -0.05) is 6.08 Å². The third-order valence-electron chi connectivity index (χ3n) is 3.00. The van der Waals surface area contributed by atoms with E-state index in [0.29, 0.717) is 5.96 Å². The molecule has 14 heavy (non-hydrogen) atoms. The second kappa shape index (κ2) is 3.61. The van der Waals surface area contributed by atoms with Gasteiger partial charge in [-0.2, -0.15) is 0 Å². The summed E-state index contributed by atoms with van der Waals surface area (Å²) >= 11 is 0. The Morgan fingerprint density at radius 1 is 1.71 bits per heavy atom. The molecule has 0 aromatic carbocycles. The fourth-order valence-corrected chi connectivity index (χ4v) is 2.23. The van der Waals surface area contributed by atoms with Crippen LogP contribution in [0.3, 0.4) is 0 Å². The highest BCUT2D eigenvalue weighted by atomic mass is 16.5. The Morgan fingerprint density at radius 2 is 2.57 bits per heavy atom. The standard InChI is InChI=1S/C10H17N3O/c1-2-5-13-9(11)12-7-10(13)4-3-6-14-8-10/h2H,1,3-8H2,(H2,11,12). The summed E-state index contributed by atoms with van der Waals surface area (Å²) in [6, 6.07) is 0. The van der Waals surface area contributed by atoms with E-state index in [4.69, 9.17) is 10.5 Å². The first-order chi connectivity index (χ1) is 6.78. The van der Waals surface area contributed by atoms with Crippen molar-refractivity contribution in [2.45, 2.75) is 18.4 Å². The van der Waals surface area contributed by atoms with Crippen LogP contribution in [0.1, 0.15) is 12.8 Å². The van der Waals surface area contributed by atoms with Crippen molar-refractivity contribution in [3.8, 4) is 0 Å². The van der Waals surface area contributed by atoms with E-state index in [9.17, 15) is 0 Å². The molecule has 0 aromatic heterocycles. The van der Waals surface area contributed by atoms with Gasteiger partial charge in [-0.15, -0.1) is 6.58 Å².